The second kappa shape index (κ2) is 6.17. The number of aromatic carboxylic acids is 1. The molecule has 0 atom stereocenters. The summed E-state index contributed by atoms with van der Waals surface area (Å²) in [5.41, 5.74) is 0.498. The van der Waals surface area contributed by atoms with Crippen LogP contribution in [0.1, 0.15) is 10.4 Å². The van der Waals surface area contributed by atoms with Crippen LogP contribution in [-0.2, 0) is 6.54 Å². The zero-order valence-corrected chi connectivity index (χ0v) is 13.2. The fourth-order valence-corrected chi connectivity index (χ4v) is 2.66. The largest absolute Gasteiger partial charge is 0.478 e. The van der Waals surface area contributed by atoms with Crippen molar-refractivity contribution in [2.45, 2.75) is 6.54 Å². The number of nitrogens with one attached hydrogen (secondary N) is 1. The number of carboxylic acid groups (broad SMARTS) is 1. The SMILES string of the molecule is C=CCn1c(=S)[nH]c(=O)c2c(C(=O)O)cc(-c3cccnc3)nc21. The van der Waals surface area contributed by atoms with Gasteiger partial charge in [0, 0.05) is 24.5 Å². The molecule has 0 saturated heterocycles. The van der Waals surface area contributed by atoms with Gasteiger partial charge < -0.3 is 5.11 Å². The van der Waals surface area contributed by atoms with E-state index in [1.54, 1.807) is 30.6 Å². The molecule has 0 bridgehead atoms. The summed E-state index contributed by atoms with van der Waals surface area (Å²) in [6.07, 6.45) is 4.76. The highest BCUT2D eigenvalue weighted by molar-refractivity contribution is 7.71. The average molecular weight is 340 g/mol. The minimum absolute atomic E-state index is 0.0226. The summed E-state index contributed by atoms with van der Waals surface area (Å²) in [7, 11) is 0. The topological polar surface area (TPSA) is 101 Å². The molecule has 3 heterocycles. The molecule has 24 heavy (non-hydrogen) atoms. The number of rotatable bonds is 4. The summed E-state index contributed by atoms with van der Waals surface area (Å²) in [4.78, 5) is 34.8. The third kappa shape index (κ3) is 2.63. The van der Waals surface area contributed by atoms with Crippen molar-refractivity contribution in [3.05, 3.63) is 63.9 Å². The van der Waals surface area contributed by atoms with Gasteiger partial charge in [0.1, 0.15) is 5.65 Å². The number of carboxylic acids is 1. The van der Waals surface area contributed by atoms with Gasteiger partial charge in [0.05, 0.1) is 16.6 Å². The van der Waals surface area contributed by atoms with E-state index in [0.717, 1.165) is 0 Å². The maximum atomic E-state index is 12.3. The summed E-state index contributed by atoms with van der Waals surface area (Å²) in [5, 5.41) is 9.49. The van der Waals surface area contributed by atoms with Crippen LogP contribution in [0, 0.1) is 4.77 Å². The Bertz CT molecular complexity index is 1070. The van der Waals surface area contributed by atoms with E-state index in [1.165, 1.54) is 10.6 Å². The maximum Gasteiger partial charge on any atom is 0.336 e. The minimum Gasteiger partial charge on any atom is -0.478 e. The van der Waals surface area contributed by atoms with Crippen molar-refractivity contribution in [1.29, 1.82) is 0 Å². The van der Waals surface area contributed by atoms with Gasteiger partial charge in [-0.15, -0.1) is 6.58 Å². The second-order valence-electron chi connectivity index (χ2n) is 4.96. The predicted molar refractivity (Wildman–Crippen MR) is 91.6 cm³/mol. The third-order valence-corrected chi connectivity index (χ3v) is 3.77. The number of hydrogen-bond donors (Lipinski definition) is 2. The molecule has 0 radical (unpaired) electrons. The number of H-pyrrole nitrogens is 1. The van der Waals surface area contributed by atoms with Gasteiger partial charge in [-0.25, -0.2) is 9.78 Å². The van der Waals surface area contributed by atoms with E-state index >= 15 is 0 Å². The zero-order chi connectivity index (χ0) is 17.3. The molecule has 0 aliphatic rings. The molecule has 8 heteroatoms. The second-order valence-corrected chi connectivity index (χ2v) is 5.35. The van der Waals surface area contributed by atoms with E-state index in [1.807, 2.05) is 0 Å². The third-order valence-electron chi connectivity index (χ3n) is 3.45. The van der Waals surface area contributed by atoms with Gasteiger partial charge in [0.2, 0.25) is 0 Å². The molecule has 0 unspecified atom stereocenters. The first kappa shape index (κ1) is 15.8. The molecule has 0 fully saturated rings. The van der Waals surface area contributed by atoms with Crippen molar-refractivity contribution in [2.75, 3.05) is 0 Å². The highest BCUT2D eigenvalue weighted by Gasteiger charge is 2.18. The standard InChI is InChI=1S/C16H12N4O3S/c1-2-6-20-13-12(14(21)19-16(20)24)10(15(22)23)7-11(18-13)9-4-3-5-17-8-9/h2-5,7-8H,1,6H2,(H,22,23)(H,19,21,24). The average Bonchev–Trinajstić information content (AvgIpc) is 2.58. The molecule has 3 aromatic rings. The molecule has 2 N–H and O–H groups in total. The smallest absolute Gasteiger partial charge is 0.336 e. The number of aromatic nitrogens is 4. The first-order chi connectivity index (χ1) is 11.5. The Balaban J connectivity index is 2.49. The van der Waals surface area contributed by atoms with Gasteiger partial charge in [0.25, 0.3) is 5.56 Å². The molecule has 3 rings (SSSR count). The normalized spacial score (nSPS) is 10.7. The fourth-order valence-electron chi connectivity index (χ4n) is 2.40. The highest BCUT2D eigenvalue weighted by Crippen LogP contribution is 2.22. The molecule has 120 valence electrons. The van der Waals surface area contributed by atoms with Crippen LogP contribution in [0.4, 0.5) is 0 Å². The van der Waals surface area contributed by atoms with Crippen LogP contribution in [-0.4, -0.2) is 30.6 Å². The lowest BCUT2D eigenvalue weighted by Gasteiger charge is -2.11. The molecule has 0 aromatic carbocycles. The van der Waals surface area contributed by atoms with Crippen molar-refractivity contribution in [1.82, 2.24) is 19.5 Å². The van der Waals surface area contributed by atoms with E-state index in [2.05, 4.69) is 21.5 Å². The Kier molecular flexibility index (Phi) is 4.05. The number of hydrogen-bond acceptors (Lipinski definition) is 5. The number of carbonyl (C=O) groups is 1. The Labute approximate surface area is 141 Å². The number of fused-ring (bicyclic) bond motifs is 1. The number of pyridine rings is 2. The number of aromatic amines is 1. The van der Waals surface area contributed by atoms with Crippen molar-refractivity contribution < 1.29 is 9.90 Å². The lowest BCUT2D eigenvalue weighted by molar-refractivity contribution is 0.0699. The predicted octanol–water partition coefficient (Wildman–Crippen LogP) is 2.40. The van der Waals surface area contributed by atoms with Crippen LogP contribution >= 0.6 is 12.2 Å². The molecule has 3 aromatic heterocycles. The van der Waals surface area contributed by atoms with E-state index in [-0.39, 0.29) is 27.9 Å². The summed E-state index contributed by atoms with van der Waals surface area (Å²) in [6, 6.07) is 4.83. The molecule has 0 spiro atoms. The minimum atomic E-state index is -1.22. The summed E-state index contributed by atoms with van der Waals surface area (Å²) < 4.78 is 1.69. The number of nitrogens with zero attached hydrogens (tertiary/aromatic N) is 3. The van der Waals surface area contributed by atoms with Crippen molar-refractivity contribution in [2.24, 2.45) is 0 Å². The van der Waals surface area contributed by atoms with Crippen LogP contribution in [0.5, 0.6) is 0 Å². The van der Waals surface area contributed by atoms with Crippen molar-refractivity contribution in [3.63, 3.8) is 0 Å². The van der Waals surface area contributed by atoms with E-state index < -0.39 is 11.5 Å². The molecular formula is C16H12N4O3S. The molecule has 0 amide bonds. The highest BCUT2D eigenvalue weighted by atomic mass is 32.1. The first-order valence-corrected chi connectivity index (χ1v) is 7.36. The lowest BCUT2D eigenvalue weighted by Crippen LogP contribution is -2.19. The van der Waals surface area contributed by atoms with Crippen LogP contribution in [0.2, 0.25) is 0 Å². The Morgan fingerprint density at radius 2 is 2.29 bits per heavy atom. The van der Waals surface area contributed by atoms with Crippen molar-refractivity contribution in [3.8, 4) is 11.3 Å². The molecule has 0 aliphatic carbocycles. The van der Waals surface area contributed by atoms with Gasteiger partial charge in [-0.05, 0) is 30.4 Å². The molecule has 0 saturated carbocycles. The van der Waals surface area contributed by atoms with Crippen LogP contribution in [0.15, 0.2) is 48.0 Å². The van der Waals surface area contributed by atoms with Crippen LogP contribution in [0.3, 0.4) is 0 Å². The molecule has 0 aliphatic heterocycles. The Morgan fingerprint density at radius 3 is 2.92 bits per heavy atom. The van der Waals surface area contributed by atoms with Gasteiger partial charge in [-0.3, -0.25) is 19.3 Å². The lowest BCUT2D eigenvalue weighted by atomic mass is 10.1. The van der Waals surface area contributed by atoms with E-state index in [4.69, 9.17) is 12.2 Å². The van der Waals surface area contributed by atoms with Crippen LogP contribution < -0.4 is 5.56 Å². The summed E-state index contributed by atoms with van der Waals surface area (Å²) in [5.74, 6) is -1.22. The molecule has 7 nitrogen and oxygen atoms in total. The first-order valence-electron chi connectivity index (χ1n) is 6.95. The van der Waals surface area contributed by atoms with Gasteiger partial charge >= 0.3 is 5.97 Å². The monoisotopic (exact) mass is 340 g/mol. The zero-order valence-electron chi connectivity index (χ0n) is 12.4. The van der Waals surface area contributed by atoms with E-state index in [9.17, 15) is 14.7 Å². The van der Waals surface area contributed by atoms with E-state index in [0.29, 0.717) is 11.3 Å². The van der Waals surface area contributed by atoms with Gasteiger partial charge in [-0.2, -0.15) is 0 Å². The fraction of sp³-hybridized carbons (Fsp3) is 0.0625. The Morgan fingerprint density at radius 1 is 1.50 bits per heavy atom. The summed E-state index contributed by atoms with van der Waals surface area (Å²) in [6.45, 7) is 3.94. The quantitative estimate of drug-likeness (QED) is 0.559. The van der Waals surface area contributed by atoms with Gasteiger partial charge in [0.15, 0.2) is 4.77 Å². The number of allylic oxidation sites excluding steroid dienone is 1. The maximum absolute atomic E-state index is 12.3. The van der Waals surface area contributed by atoms with Crippen LogP contribution in [0.25, 0.3) is 22.3 Å². The van der Waals surface area contributed by atoms with Gasteiger partial charge in [-0.1, -0.05) is 6.08 Å². The van der Waals surface area contributed by atoms with Crippen molar-refractivity contribution >= 4 is 29.2 Å². The summed E-state index contributed by atoms with van der Waals surface area (Å²) >= 11 is 5.16. The Hall–Kier alpha value is -3.13. The molecular weight excluding hydrogens is 328 g/mol.